The predicted molar refractivity (Wildman–Crippen MR) is 81.4 cm³/mol. The van der Waals surface area contributed by atoms with Gasteiger partial charge in [0.25, 0.3) is 0 Å². The average Bonchev–Trinajstić information content (AvgIpc) is 2.96. The Kier molecular flexibility index (Phi) is 5.73. The van der Waals surface area contributed by atoms with Crippen LogP contribution in [0.25, 0.3) is 0 Å². The maximum Gasteiger partial charge on any atom is 0.355 e. The number of rotatable bonds is 6. The number of carbonyl (C=O) groups is 2. The summed E-state index contributed by atoms with van der Waals surface area (Å²) in [6, 6.07) is -0.234. The Bertz CT molecular complexity index is 495. The number of carboxylic acid groups (broad SMARTS) is 1. The normalized spacial score (nSPS) is 17.4. The third-order valence-electron chi connectivity index (χ3n) is 3.99. The second-order valence-electron chi connectivity index (χ2n) is 5.71. The van der Waals surface area contributed by atoms with E-state index in [0.29, 0.717) is 17.3 Å². The molecule has 0 radical (unpaired) electrons. The Morgan fingerprint density at radius 2 is 2.14 bits per heavy atom. The fourth-order valence-electron chi connectivity index (χ4n) is 2.77. The highest BCUT2D eigenvalue weighted by Crippen LogP contribution is 2.27. The molecule has 6 heteroatoms. The van der Waals surface area contributed by atoms with Gasteiger partial charge in [0.1, 0.15) is 5.01 Å². The van der Waals surface area contributed by atoms with Gasteiger partial charge in [-0.1, -0.05) is 32.1 Å². The van der Waals surface area contributed by atoms with Crippen molar-refractivity contribution >= 4 is 23.2 Å². The van der Waals surface area contributed by atoms with Gasteiger partial charge in [0.2, 0.25) is 5.91 Å². The summed E-state index contributed by atoms with van der Waals surface area (Å²) in [5.74, 6) is -0.313. The third kappa shape index (κ3) is 4.81. The maximum atomic E-state index is 12.0. The van der Waals surface area contributed by atoms with Gasteiger partial charge in [-0.3, -0.25) is 4.79 Å². The van der Waals surface area contributed by atoms with E-state index in [1.54, 1.807) is 0 Å². The first-order valence-corrected chi connectivity index (χ1v) is 8.42. The van der Waals surface area contributed by atoms with E-state index in [0.717, 1.165) is 6.42 Å². The Labute approximate surface area is 128 Å². The summed E-state index contributed by atoms with van der Waals surface area (Å²) in [4.78, 5) is 26.8. The molecule has 2 N–H and O–H groups in total. The van der Waals surface area contributed by atoms with Gasteiger partial charge in [0.05, 0.1) is 6.04 Å². The minimum atomic E-state index is -1.03. The van der Waals surface area contributed by atoms with Gasteiger partial charge in [-0.05, 0) is 19.3 Å². The lowest BCUT2D eigenvalue weighted by Crippen LogP contribution is -2.27. The molecule has 1 aliphatic carbocycles. The van der Waals surface area contributed by atoms with Crippen molar-refractivity contribution in [2.45, 2.75) is 57.9 Å². The van der Waals surface area contributed by atoms with Crippen LogP contribution in [0.3, 0.4) is 0 Å². The molecule has 1 aromatic rings. The monoisotopic (exact) mass is 310 g/mol. The van der Waals surface area contributed by atoms with Gasteiger partial charge < -0.3 is 10.4 Å². The predicted octanol–water partition coefficient (Wildman–Crippen LogP) is 3.38. The molecule has 21 heavy (non-hydrogen) atoms. The molecule has 1 atom stereocenters. The lowest BCUT2D eigenvalue weighted by Gasteiger charge is -2.21. The first kappa shape index (κ1) is 15.9. The van der Waals surface area contributed by atoms with Gasteiger partial charge in [0.15, 0.2) is 5.69 Å². The van der Waals surface area contributed by atoms with Crippen molar-refractivity contribution in [3.05, 3.63) is 16.1 Å². The quantitative estimate of drug-likeness (QED) is 0.844. The number of aromatic nitrogens is 1. The van der Waals surface area contributed by atoms with E-state index in [1.807, 2.05) is 6.92 Å². The largest absolute Gasteiger partial charge is 0.476 e. The van der Waals surface area contributed by atoms with Crippen LogP contribution < -0.4 is 5.32 Å². The van der Waals surface area contributed by atoms with Gasteiger partial charge >= 0.3 is 5.97 Å². The van der Waals surface area contributed by atoms with E-state index in [1.165, 1.54) is 48.8 Å². The van der Waals surface area contributed by atoms with Crippen molar-refractivity contribution in [3.8, 4) is 0 Å². The van der Waals surface area contributed by atoms with Crippen LogP contribution in [-0.4, -0.2) is 22.0 Å². The van der Waals surface area contributed by atoms with Crippen LogP contribution in [0.4, 0.5) is 0 Å². The van der Waals surface area contributed by atoms with E-state index < -0.39 is 5.97 Å². The van der Waals surface area contributed by atoms with Crippen molar-refractivity contribution in [2.75, 3.05) is 0 Å². The van der Waals surface area contributed by atoms with Gasteiger partial charge in [-0.25, -0.2) is 9.78 Å². The minimum Gasteiger partial charge on any atom is -0.476 e. The molecule has 1 unspecified atom stereocenters. The van der Waals surface area contributed by atoms with Crippen molar-refractivity contribution in [1.29, 1.82) is 0 Å². The van der Waals surface area contributed by atoms with Crippen LogP contribution >= 0.6 is 11.3 Å². The Morgan fingerprint density at radius 3 is 2.76 bits per heavy atom. The first-order chi connectivity index (χ1) is 10.1. The number of carboxylic acids is 1. The summed E-state index contributed by atoms with van der Waals surface area (Å²) < 4.78 is 0. The number of aromatic carboxylic acids is 1. The highest BCUT2D eigenvalue weighted by Gasteiger charge is 2.18. The number of carbonyl (C=O) groups excluding carboxylic acids is 1. The molecule has 1 amide bonds. The van der Waals surface area contributed by atoms with Crippen LogP contribution in [0.2, 0.25) is 0 Å². The third-order valence-corrected chi connectivity index (χ3v) is 5.02. The molecular formula is C15H22N2O3S. The van der Waals surface area contributed by atoms with Crippen molar-refractivity contribution < 1.29 is 14.7 Å². The molecule has 116 valence electrons. The number of amides is 1. The van der Waals surface area contributed by atoms with Gasteiger partial charge in [0, 0.05) is 11.8 Å². The molecule has 1 aliphatic rings. The second-order valence-corrected chi connectivity index (χ2v) is 6.60. The summed E-state index contributed by atoms with van der Waals surface area (Å²) in [5.41, 5.74) is 0.0401. The molecule has 0 saturated heterocycles. The van der Waals surface area contributed by atoms with Crippen LogP contribution in [0.5, 0.6) is 0 Å². The number of hydrogen-bond acceptors (Lipinski definition) is 4. The smallest absolute Gasteiger partial charge is 0.355 e. The Hall–Kier alpha value is -1.43. The number of nitrogens with one attached hydrogen (secondary N) is 1. The molecule has 0 bridgehead atoms. The highest BCUT2D eigenvalue weighted by molar-refractivity contribution is 7.09. The van der Waals surface area contributed by atoms with Crippen LogP contribution in [-0.2, 0) is 4.79 Å². The SMILES string of the molecule is CC(NC(=O)CCC1CCCCC1)c1nc(C(=O)O)cs1. The molecule has 0 spiro atoms. The minimum absolute atomic E-state index is 0.0279. The number of nitrogens with zero attached hydrogens (tertiary/aromatic N) is 1. The van der Waals surface area contributed by atoms with Gasteiger partial charge in [-0.2, -0.15) is 0 Å². The molecule has 0 aromatic carbocycles. The molecular weight excluding hydrogens is 288 g/mol. The number of thiazole rings is 1. The van der Waals surface area contributed by atoms with E-state index in [2.05, 4.69) is 10.3 Å². The molecule has 1 aromatic heterocycles. The number of hydrogen-bond donors (Lipinski definition) is 2. The molecule has 1 fully saturated rings. The van der Waals surface area contributed by atoms with Crippen LogP contribution in [0.1, 0.15) is 73.4 Å². The fourth-order valence-corrected chi connectivity index (χ4v) is 3.57. The fraction of sp³-hybridized carbons (Fsp3) is 0.667. The van der Waals surface area contributed by atoms with E-state index in [9.17, 15) is 9.59 Å². The molecule has 1 saturated carbocycles. The van der Waals surface area contributed by atoms with E-state index >= 15 is 0 Å². The molecule has 0 aliphatic heterocycles. The topological polar surface area (TPSA) is 79.3 Å². The Morgan fingerprint density at radius 1 is 1.43 bits per heavy atom. The summed E-state index contributed by atoms with van der Waals surface area (Å²) in [6.45, 7) is 1.84. The highest BCUT2D eigenvalue weighted by atomic mass is 32.1. The maximum absolute atomic E-state index is 12.0. The standard InChI is InChI=1S/C15H22N2O3S/c1-10(14-17-12(9-21-14)15(19)20)16-13(18)8-7-11-5-3-2-4-6-11/h9-11H,2-8H2,1H3,(H,16,18)(H,19,20). The zero-order chi connectivity index (χ0) is 15.2. The zero-order valence-corrected chi connectivity index (χ0v) is 13.1. The lowest BCUT2D eigenvalue weighted by molar-refractivity contribution is -0.122. The van der Waals surface area contributed by atoms with Crippen molar-refractivity contribution in [2.24, 2.45) is 5.92 Å². The van der Waals surface area contributed by atoms with Crippen LogP contribution in [0, 0.1) is 5.92 Å². The lowest BCUT2D eigenvalue weighted by atomic mass is 9.86. The van der Waals surface area contributed by atoms with Crippen LogP contribution in [0.15, 0.2) is 5.38 Å². The van der Waals surface area contributed by atoms with E-state index in [4.69, 9.17) is 5.11 Å². The molecule has 1 heterocycles. The first-order valence-electron chi connectivity index (χ1n) is 7.54. The molecule has 5 nitrogen and oxygen atoms in total. The summed E-state index contributed by atoms with van der Waals surface area (Å²) >= 11 is 1.27. The second kappa shape index (κ2) is 7.54. The molecule has 2 rings (SSSR count). The summed E-state index contributed by atoms with van der Waals surface area (Å²) in [7, 11) is 0. The summed E-state index contributed by atoms with van der Waals surface area (Å²) in [5, 5.41) is 13.9. The van der Waals surface area contributed by atoms with Gasteiger partial charge in [-0.15, -0.1) is 11.3 Å². The Balaban J connectivity index is 1.76. The summed E-state index contributed by atoms with van der Waals surface area (Å²) in [6.07, 6.45) is 7.91. The average molecular weight is 310 g/mol. The van der Waals surface area contributed by atoms with Crippen molar-refractivity contribution in [3.63, 3.8) is 0 Å². The van der Waals surface area contributed by atoms with Crippen molar-refractivity contribution in [1.82, 2.24) is 10.3 Å². The van der Waals surface area contributed by atoms with E-state index in [-0.39, 0.29) is 17.6 Å². The zero-order valence-electron chi connectivity index (χ0n) is 12.3.